The fourth-order valence-electron chi connectivity index (χ4n) is 1.00. The summed E-state index contributed by atoms with van der Waals surface area (Å²) in [5, 5.41) is 19.6. The van der Waals surface area contributed by atoms with Crippen LogP contribution in [0.1, 0.15) is 11.4 Å². The van der Waals surface area contributed by atoms with Crippen LogP contribution < -0.4 is 4.73 Å². The first-order chi connectivity index (χ1) is 5.16. The van der Waals surface area contributed by atoms with Crippen molar-refractivity contribution in [1.82, 2.24) is 4.57 Å². The average Bonchev–Trinajstić information content (AvgIpc) is 2.19. The zero-order chi connectivity index (χ0) is 8.43. The first-order valence-corrected chi connectivity index (χ1v) is 3.53. The van der Waals surface area contributed by atoms with E-state index in [9.17, 15) is 5.21 Å². The van der Waals surface area contributed by atoms with Crippen LogP contribution in [0.2, 0.25) is 0 Å². The lowest BCUT2D eigenvalue weighted by atomic mass is 10.4. The topological polar surface area (TPSA) is 52.1 Å². The van der Waals surface area contributed by atoms with Crippen LogP contribution in [0.25, 0.3) is 0 Å². The lowest BCUT2D eigenvalue weighted by Crippen LogP contribution is -2.26. The molecule has 0 amide bonds. The van der Waals surface area contributed by atoms with Gasteiger partial charge < -0.3 is 10.3 Å². The molecule has 0 saturated heterocycles. The molecular weight excluding hydrogens is 144 g/mol. The molecular formula is C7H12N2O2. The van der Waals surface area contributed by atoms with Gasteiger partial charge in [0.1, 0.15) is 17.9 Å². The Bertz CT molecular complexity index is 255. The van der Waals surface area contributed by atoms with Crippen molar-refractivity contribution in [3.63, 3.8) is 0 Å². The molecule has 0 aliphatic carbocycles. The van der Waals surface area contributed by atoms with Crippen molar-refractivity contribution < 1.29 is 9.84 Å². The molecule has 1 aromatic rings. The summed E-state index contributed by atoms with van der Waals surface area (Å²) >= 11 is 0. The van der Waals surface area contributed by atoms with Gasteiger partial charge in [-0.2, -0.15) is 0 Å². The second-order valence-corrected chi connectivity index (χ2v) is 2.53. The van der Waals surface area contributed by atoms with E-state index in [0.717, 1.165) is 10.4 Å². The smallest absolute Gasteiger partial charge is 0.247 e. The summed E-state index contributed by atoms with van der Waals surface area (Å²) in [6.45, 7) is 4.17. The number of aromatic nitrogens is 2. The second-order valence-electron chi connectivity index (χ2n) is 2.53. The van der Waals surface area contributed by atoms with Gasteiger partial charge in [0.15, 0.2) is 0 Å². The van der Waals surface area contributed by atoms with Crippen LogP contribution in [0.3, 0.4) is 0 Å². The monoisotopic (exact) mass is 156 g/mol. The third kappa shape index (κ3) is 1.35. The first-order valence-electron chi connectivity index (χ1n) is 3.53. The number of aliphatic hydroxyl groups is 1. The van der Waals surface area contributed by atoms with Crippen molar-refractivity contribution in [1.29, 1.82) is 0 Å². The van der Waals surface area contributed by atoms with Crippen LogP contribution in [0.5, 0.6) is 0 Å². The van der Waals surface area contributed by atoms with Gasteiger partial charge in [-0.05, 0) is 0 Å². The molecule has 0 aliphatic rings. The molecule has 1 rings (SSSR count). The van der Waals surface area contributed by atoms with E-state index in [1.54, 1.807) is 11.5 Å². The molecule has 1 heterocycles. The Hall–Kier alpha value is -1.03. The number of imidazole rings is 1. The summed E-state index contributed by atoms with van der Waals surface area (Å²) in [4.78, 5) is 0. The van der Waals surface area contributed by atoms with Crippen molar-refractivity contribution in [2.24, 2.45) is 0 Å². The molecule has 0 radical (unpaired) electrons. The number of aliphatic hydroxyl groups excluding tert-OH is 1. The average molecular weight is 156 g/mol. The number of nitrogens with zero attached hydrogens (tertiary/aromatic N) is 2. The van der Waals surface area contributed by atoms with Gasteiger partial charge in [0.05, 0.1) is 6.61 Å². The predicted molar refractivity (Wildman–Crippen MR) is 40.0 cm³/mol. The highest BCUT2D eigenvalue weighted by atomic mass is 16.5. The Balaban J connectivity index is 2.98. The molecule has 1 aromatic heterocycles. The summed E-state index contributed by atoms with van der Waals surface area (Å²) in [7, 11) is 0. The molecule has 0 saturated carbocycles. The molecule has 0 spiro atoms. The maximum absolute atomic E-state index is 10.9. The number of hydrogen-bond donors (Lipinski definition) is 1. The van der Waals surface area contributed by atoms with Gasteiger partial charge in [-0.1, -0.05) is 0 Å². The van der Waals surface area contributed by atoms with Crippen LogP contribution in [0.15, 0.2) is 6.33 Å². The van der Waals surface area contributed by atoms with E-state index in [-0.39, 0.29) is 6.61 Å². The summed E-state index contributed by atoms with van der Waals surface area (Å²) in [6, 6.07) is 0. The predicted octanol–water partition coefficient (Wildman–Crippen LogP) is -0.269. The van der Waals surface area contributed by atoms with Gasteiger partial charge in [-0.3, -0.25) is 0 Å². The standard InChI is InChI=1S/C7H12N2O2/c1-6-7(2)9(11)5-8(6)3-4-10/h5,10H,3-4H2,1-2H3. The lowest BCUT2D eigenvalue weighted by molar-refractivity contribution is -0.611. The highest BCUT2D eigenvalue weighted by molar-refractivity contribution is 5.02. The van der Waals surface area contributed by atoms with Gasteiger partial charge in [0.25, 0.3) is 0 Å². The SMILES string of the molecule is Cc1c(C)[n+]([O-])cn1CCO. The van der Waals surface area contributed by atoms with E-state index < -0.39 is 0 Å². The molecule has 0 atom stereocenters. The Kier molecular flexibility index (Phi) is 2.14. The van der Waals surface area contributed by atoms with Crippen molar-refractivity contribution in [3.8, 4) is 0 Å². The van der Waals surface area contributed by atoms with E-state index >= 15 is 0 Å². The molecule has 0 fully saturated rings. The van der Waals surface area contributed by atoms with Crippen molar-refractivity contribution in [2.45, 2.75) is 20.4 Å². The molecule has 0 bridgehead atoms. The molecule has 0 aliphatic heterocycles. The first kappa shape index (κ1) is 8.07. The summed E-state index contributed by atoms with van der Waals surface area (Å²) < 4.78 is 2.55. The summed E-state index contributed by atoms with van der Waals surface area (Å²) in [6.07, 6.45) is 1.45. The normalized spacial score (nSPS) is 10.5. The second kappa shape index (κ2) is 2.92. The summed E-state index contributed by atoms with van der Waals surface area (Å²) in [5.41, 5.74) is 1.60. The Morgan fingerprint density at radius 1 is 1.64 bits per heavy atom. The molecule has 1 N–H and O–H groups in total. The Morgan fingerprint density at radius 3 is 2.64 bits per heavy atom. The third-order valence-electron chi connectivity index (χ3n) is 1.87. The van der Waals surface area contributed by atoms with Gasteiger partial charge in [0.2, 0.25) is 6.33 Å². The Labute approximate surface area is 65.3 Å². The minimum atomic E-state index is 0.0644. The van der Waals surface area contributed by atoms with Crippen LogP contribution in [-0.4, -0.2) is 16.3 Å². The van der Waals surface area contributed by atoms with E-state index in [1.165, 1.54) is 6.33 Å². The van der Waals surface area contributed by atoms with E-state index in [4.69, 9.17) is 5.11 Å². The highest BCUT2D eigenvalue weighted by Crippen LogP contribution is 2.00. The van der Waals surface area contributed by atoms with Crippen LogP contribution in [0.4, 0.5) is 0 Å². The van der Waals surface area contributed by atoms with Crippen molar-refractivity contribution >= 4 is 0 Å². The summed E-state index contributed by atoms with van der Waals surface area (Å²) in [5.74, 6) is 0. The van der Waals surface area contributed by atoms with Crippen LogP contribution in [0, 0.1) is 19.1 Å². The van der Waals surface area contributed by atoms with E-state index in [2.05, 4.69) is 0 Å². The van der Waals surface area contributed by atoms with Crippen molar-refractivity contribution in [3.05, 3.63) is 22.9 Å². The zero-order valence-electron chi connectivity index (χ0n) is 6.74. The maximum atomic E-state index is 10.9. The molecule has 4 nitrogen and oxygen atoms in total. The third-order valence-corrected chi connectivity index (χ3v) is 1.87. The van der Waals surface area contributed by atoms with Gasteiger partial charge >= 0.3 is 0 Å². The quantitative estimate of drug-likeness (QED) is 0.473. The van der Waals surface area contributed by atoms with Crippen LogP contribution in [-0.2, 0) is 6.54 Å². The zero-order valence-corrected chi connectivity index (χ0v) is 6.74. The molecule has 62 valence electrons. The number of hydrogen-bond acceptors (Lipinski definition) is 2. The molecule has 0 aromatic carbocycles. The van der Waals surface area contributed by atoms with Gasteiger partial charge in [-0.15, -0.1) is 0 Å². The Morgan fingerprint density at radius 2 is 2.27 bits per heavy atom. The van der Waals surface area contributed by atoms with Crippen molar-refractivity contribution in [2.75, 3.05) is 6.61 Å². The fraction of sp³-hybridized carbons (Fsp3) is 0.571. The fourth-order valence-corrected chi connectivity index (χ4v) is 1.00. The van der Waals surface area contributed by atoms with E-state index in [1.807, 2.05) is 6.92 Å². The van der Waals surface area contributed by atoms with Gasteiger partial charge in [-0.25, -0.2) is 9.30 Å². The minimum absolute atomic E-state index is 0.0644. The number of rotatable bonds is 2. The van der Waals surface area contributed by atoms with Crippen LogP contribution >= 0.6 is 0 Å². The minimum Gasteiger partial charge on any atom is -0.711 e. The maximum Gasteiger partial charge on any atom is 0.247 e. The molecule has 0 unspecified atom stereocenters. The largest absolute Gasteiger partial charge is 0.711 e. The molecule has 11 heavy (non-hydrogen) atoms. The van der Waals surface area contributed by atoms with Gasteiger partial charge in [0, 0.05) is 13.8 Å². The highest BCUT2D eigenvalue weighted by Gasteiger charge is 2.09. The molecule has 4 heteroatoms. The van der Waals surface area contributed by atoms with E-state index in [0.29, 0.717) is 12.2 Å². The lowest BCUT2D eigenvalue weighted by Gasteiger charge is -1.94.